The quantitative estimate of drug-likeness (QED) is 0.551. The zero-order valence-electron chi connectivity index (χ0n) is 13.2. The zero-order valence-corrected chi connectivity index (χ0v) is 14.0. The van der Waals surface area contributed by atoms with Gasteiger partial charge in [-0.3, -0.25) is 4.79 Å². The highest BCUT2D eigenvalue weighted by atomic mass is 32.1. The second-order valence-electron chi connectivity index (χ2n) is 5.57. The number of aromatic nitrogens is 1. The molecule has 0 bridgehead atoms. The lowest BCUT2D eigenvalue weighted by molar-refractivity contribution is 0.112. The molecule has 116 valence electrons. The van der Waals surface area contributed by atoms with Gasteiger partial charge in [0.25, 0.3) is 0 Å². The number of hydrogen-bond acceptors (Lipinski definition) is 3. The van der Waals surface area contributed by atoms with Gasteiger partial charge in [0.05, 0.1) is 4.88 Å². The second-order valence-corrected chi connectivity index (χ2v) is 6.60. The number of nitrogens with zero attached hydrogens (tertiary/aromatic N) is 1. The normalized spacial score (nSPS) is 10.7. The predicted octanol–water partition coefficient (Wildman–Crippen LogP) is 5.63. The van der Waals surface area contributed by atoms with Crippen LogP contribution in [0.25, 0.3) is 21.0 Å². The van der Waals surface area contributed by atoms with E-state index < -0.39 is 0 Å². The minimum absolute atomic E-state index is 0.688. The minimum atomic E-state index is 0.688. The van der Waals surface area contributed by atoms with E-state index in [0.717, 1.165) is 23.3 Å². The van der Waals surface area contributed by atoms with Crippen molar-refractivity contribution < 1.29 is 4.79 Å². The molecule has 1 heterocycles. The number of thiazole rings is 1. The van der Waals surface area contributed by atoms with Crippen molar-refractivity contribution in [2.24, 2.45) is 0 Å². The number of carbonyl (C=O) groups is 1. The molecule has 0 saturated heterocycles. The number of carbonyl (C=O) groups excluding carboxylic acids is 1. The van der Waals surface area contributed by atoms with Crippen molar-refractivity contribution in [2.45, 2.75) is 26.2 Å². The van der Waals surface area contributed by atoms with Gasteiger partial charge in [0.15, 0.2) is 0 Å². The predicted molar refractivity (Wildman–Crippen MR) is 97.0 cm³/mol. The summed E-state index contributed by atoms with van der Waals surface area (Å²) in [5.74, 6) is 0. The van der Waals surface area contributed by atoms with Crippen LogP contribution in [0, 0.1) is 0 Å². The number of rotatable bonds is 6. The molecule has 0 unspecified atom stereocenters. The van der Waals surface area contributed by atoms with Crippen LogP contribution >= 0.6 is 11.3 Å². The third-order valence-corrected chi connectivity index (χ3v) is 4.95. The molecule has 0 atom stereocenters. The summed E-state index contributed by atoms with van der Waals surface area (Å²) in [6, 6.07) is 16.3. The summed E-state index contributed by atoms with van der Waals surface area (Å²) < 4.78 is 0. The van der Waals surface area contributed by atoms with Gasteiger partial charge in [0.2, 0.25) is 0 Å². The van der Waals surface area contributed by atoms with Crippen molar-refractivity contribution in [2.75, 3.05) is 0 Å². The molecule has 0 aliphatic heterocycles. The van der Waals surface area contributed by atoms with Crippen molar-refractivity contribution in [3.8, 4) is 21.0 Å². The van der Waals surface area contributed by atoms with Gasteiger partial charge in [-0.15, -0.1) is 11.3 Å². The summed E-state index contributed by atoms with van der Waals surface area (Å²) in [6.07, 6.45) is 6.39. The molecule has 2 aromatic carbocycles. The fourth-order valence-corrected chi connectivity index (χ4v) is 3.39. The Labute approximate surface area is 140 Å². The van der Waals surface area contributed by atoms with E-state index in [1.54, 1.807) is 11.3 Å². The lowest BCUT2D eigenvalue weighted by Crippen LogP contribution is -1.83. The Balaban J connectivity index is 1.79. The van der Waals surface area contributed by atoms with Crippen LogP contribution < -0.4 is 0 Å². The number of aldehydes is 1. The van der Waals surface area contributed by atoms with Crippen molar-refractivity contribution in [1.82, 2.24) is 4.98 Å². The van der Waals surface area contributed by atoms with Crippen molar-refractivity contribution in [3.63, 3.8) is 0 Å². The Kier molecular flexibility index (Phi) is 4.99. The first-order valence-corrected chi connectivity index (χ1v) is 8.72. The van der Waals surface area contributed by atoms with Crippen LogP contribution in [0.3, 0.4) is 0 Å². The van der Waals surface area contributed by atoms with Crippen LogP contribution in [0.15, 0.2) is 54.7 Å². The van der Waals surface area contributed by atoms with Crippen molar-refractivity contribution >= 4 is 17.6 Å². The van der Waals surface area contributed by atoms with Gasteiger partial charge < -0.3 is 0 Å². The van der Waals surface area contributed by atoms with E-state index in [1.165, 1.54) is 28.8 Å². The second kappa shape index (κ2) is 7.34. The van der Waals surface area contributed by atoms with E-state index in [0.29, 0.717) is 5.56 Å². The van der Waals surface area contributed by atoms with Gasteiger partial charge in [-0.1, -0.05) is 61.9 Å². The summed E-state index contributed by atoms with van der Waals surface area (Å²) in [7, 11) is 0. The van der Waals surface area contributed by atoms with E-state index in [-0.39, 0.29) is 0 Å². The Morgan fingerprint density at radius 1 is 1.00 bits per heavy atom. The smallest absolute Gasteiger partial charge is 0.150 e. The molecular formula is C20H19NOS. The highest BCUT2D eigenvalue weighted by Gasteiger charge is 2.07. The summed E-state index contributed by atoms with van der Waals surface area (Å²) in [6.45, 7) is 2.22. The maximum absolute atomic E-state index is 10.7. The van der Waals surface area contributed by atoms with E-state index in [2.05, 4.69) is 36.2 Å². The first kappa shape index (κ1) is 15.6. The minimum Gasteiger partial charge on any atom is -0.298 e. The van der Waals surface area contributed by atoms with Gasteiger partial charge in [0, 0.05) is 17.3 Å². The average Bonchev–Trinajstić information content (AvgIpc) is 3.10. The molecule has 0 aliphatic rings. The monoisotopic (exact) mass is 321 g/mol. The number of hydrogen-bond donors (Lipinski definition) is 0. The molecule has 3 heteroatoms. The van der Waals surface area contributed by atoms with Crippen LogP contribution in [-0.2, 0) is 6.42 Å². The topological polar surface area (TPSA) is 30.0 Å². The van der Waals surface area contributed by atoms with Crippen LogP contribution in [0.5, 0.6) is 0 Å². The zero-order chi connectivity index (χ0) is 16.1. The van der Waals surface area contributed by atoms with Crippen LogP contribution in [0.4, 0.5) is 0 Å². The fraction of sp³-hybridized carbons (Fsp3) is 0.200. The highest BCUT2D eigenvalue weighted by Crippen LogP contribution is 2.32. The van der Waals surface area contributed by atoms with E-state index >= 15 is 0 Å². The SMILES string of the molecule is CCCCc1ccc(-c2cnc(-c3ccc(C=O)cc3)s2)cc1. The Morgan fingerprint density at radius 2 is 1.70 bits per heavy atom. The maximum atomic E-state index is 10.7. The molecule has 0 fully saturated rings. The number of unbranched alkanes of at least 4 members (excludes halogenated alkanes) is 1. The van der Waals surface area contributed by atoms with Crippen molar-refractivity contribution in [3.05, 3.63) is 65.9 Å². The van der Waals surface area contributed by atoms with E-state index in [1.807, 2.05) is 30.5 Å². The van der Waals surface area contributed by atoms with Gasteiger partial charge in [-0.2, -0.15) is 0 Å². The fourth-order valence-electron chi connectivity index (χ4n) is 2.46. The Bertz CT molecular complexity index is 772. The van der Waals surface area contributed by atoms with Crippen LogP contribution in [-0.4, -0.2) is 11.3 Å². The molecule has 0 aliphatic carbocycles. The summed E-state index contributed by atoms with van der Waals surface area (Å²) in [5.41, 5.74) is 4.34. The molecular weight excluding hydrogens is 302 g/mol. The summed E-state index contributed by atoms with van der Waals surface area (Å²) in [4.78, 5) is 16.4. The van der Waals surface area contributed by atoms with E-state index in [9.17, 15) is 4.79 Å². The molecule has 3 aromatic rings. The van der Waals surface area contributed by atoms with E-state index in [4.69, 9.17) is 0 Å². The van der Waals surface area contributed by atoms with Crippen molar-refractivity contribution in [1.29, 1.82) is 0 Å². The van der Waals surface area contributed by atoms with Gasteiger partial charge in [-0.25, -0.2) is 4.98 Å². The van der Waals surface area contributed by atoms with Gasteiger partial charge in [-0.05, 0) is 24.0 Å². The highest BCUT2D eigenvalue weighted by molar-refractivity contribution is 7.18. The molecule has 0 radical (unpaired) electrons. The molecule has 0 N–H and O–H groups in total. The first-order chi connectivity index (χ1) is 11.3. The lowest BCUT2D eigenvalue weighted by atomic mass is 10.1. The van der Waals surface area contributed by atoms with Crippen LogP contribution in [0.2, 0.25) is 0 Å². The summed E-state index contributed by atoms with van der Waals surface area (Å²) in [5, 5.41) is 0.979. The first-order valence-electron chi connectivity index (χ1n) is 7.91. The molecule has 1 aromatic heterocycles. The Hall–Kier alpha value is -2.26. The average molecular weight is 321 g/mol. The maximum Gasteiger partial charge on any atom is 0.150 e. The third kappa shape index (κ3) is 3.74. The molecule has 0 saturated carbocycles. The lowest BCUT2D eigenvalue weighted by Gasteiger charge is -2.01. The summed E-state index contributed by atoms with van der Waals surface area (Å²) >= 11 is 1.68. The number of aryl methyl sites for hydroxylation is 1. The molecule has 2 nitrogen and oxygen atoms in total. The molecule has 0 spiro atoms. The molecule has 0 amide bonds. The standard InChI is InChI=1S/C20H19NOS/c1-2-3-4-15-5-9-17(10-6-15)19-13-21-20(23-19)18-11-7-16(14-22)8-12-18/h5-14H,2-4H2,1H3. The number of benzene rings is 2. The van der Waals surface area contributed by atoms with Crippen LogP contribution in [0.1, 0.15) is 35.7 Å². The molecule has 3 rings (SSSR count). The van der Waals surface area contributed by atoms with Gasteiger partial charge in [0.1, 0.15) is 11.3 Å². The third-order valence-electron chi connectivity index (χ3n) is 3.86. The largest absolute Gasteiger partial charge is 0.298 e. The Morgan fingerprint density at radius 3 is 2.35 bits per heavy atom. The molecule has 23 heavy (non-hydrogen) atoms. The van der Waals surface area contributed by atoms with Gasteiger partial charge >= 0.3 is 0 Å².